The molecule has 150 valence electrons. The summed E-state index contributed by atoms with van der Waals surface area (Å²) in [6.45, 7) is 2.50. The quantitative estimate of drug-likeness (QED) is 0.536. The van der Waals surface area contributed by atoms with Crippen molar-refractivity contribution in [3.63, 3.8) is 0 Å². The fourth-order valence-electron chi connectivity index (χ4n) is 3.08. The number of anilines is 2. The molecule has 1 aromatic heterocycles. The molecular formula is C19H15BrClN3O5. The molecule has 0 atom stereocenters. The number of ether oxygens (including phenoxy) is 1. The minimum absolute atomic E-state index is 0.223. The highest BCUT2D eigenvalue weighted by Crippen LogP contribution is 2.32. The number of nitrogens with zero attached hydrogens (tertiary/aromatic N) is 2. The molecule has 2 aliphatic heterocycles. The fourth-order valence-corrected chi connectivity index (χ4v) is 3.82. The van der Waals surface area contributed by atoms with Gasteiger partial charge in [-0.25, -0.2) is 9.69 Å². The van der Waals surface area contributed by atoms with Crippen LogP contribution in [-0.4, -0.2) is 44.1 Å². The number of halogens is 2. The average molecular weight is 481 g/mol. The number of hydrogen-bond donors (Lipinski definition) is 1. The van der Waals surface area contributed by atoms with Crippen molar-refractivity contribution in [3.05, 3.63) is 51.2 Å². The first-order valence-electron chi connectivity index (χ1n) is 8.73. The molecule has 4 rings (SSSR count). The molecule has 0 unspecified atom stereocenters. The van der Waals surface area contributed by atoms with Crippen LogP contribution in [0.5, 0.6) is 0 Å². The molecule has 0 aliphatic carbocycles. The van der Waals surface area contributed by atoms with E-state index in [1.165, 1.54) is 12.1 Å². The van der Waals surface area contributed by atoms with Gasteiger partial charge in [0.1, 0.15) is 11.3 Å². The van der Waals surface area contributed by atoms with Crippen LogP contribution in [0.15, 0.2) is 44.8 Å². The van der Waals surface area contributed by atoms with Crippen LogP contribution < -0.4 is 15.1 Å². The van der Waals surface area contributed by atoms with Crippen molar-refractivity contribution in [2.24, 2.45) is 0 Å². The standard InChI is InChI=1S/C19H15BrClN3O5/c20-15-10-13(29-18(15)23-4-6-28-7-5-23)9-14-16(25)22-19(27)24(17(14)26)12-3-1-2-11(21)8-12/h1-3,8-10H,4-7H2,(H,22,25,27)/b14-9-. The van der Waals surface area contributed by atoms with Crippen molar-refractivity contribution in [2.45, 2.75) is 0 Å². The molecule has 2 fully saturated rings. The van der Waals surface area contributed by atoms with Gasteiger partial charge in [-0.05, 0) is 40.2 Å². The van der Waals surface area contributed by atoms with Crippen molar-refractivity contribution in [1.82, 2.24) is 5.32 Å². The Hall–Kier alpha value is -2.62. The molecule has 1 N–H and O–H groups in total. The Kier molecular flexibility index (Phi) is 5.44. The molecule has 0 bridgehead atoms. The van der Waals surface area contributed by atoms with Gasteiger partial charge in [-0.1, -0.05) is 17.7 Å². The van der Waals surface area contributed by atoms with Gasteiger partial charge in [0.15, 0.2) is 0 Å². The first-order chi connectivity index (χ1) is 13.9. The summed E-state index contributed by atoms with van der Waals surface area (Å²) >= 11 is 9.41. The van der Waals surface area contributed by atoms with E-state index in [0.29, 0.717) is 47.4 Å². The van der Waals surface area contributed by atoms with Crippen LogP contribution in [0.4, 0.5) is 16.4 Å². The van der Waals surface area contributed by atoms with Gasteiger partial charge in [-0.2, -0.15) is 0 Å². The number of furan rings is 1. The lowest BCUT2D eigenvalue weighted by molar-refractivity contribution is -0.122. The number of rotatable bonds is 3. The smallest absolute Gasteiger partial charge is 0.335 e. The monoisotopic (exact) mass is 479 g/mol. The van der Waals surface area contributed by atoms with Crippen molar-refractivity contribution in [3.8, 4) is 0 Å². The average Bonchev–Trinajstić information content (AvgIpc) is 3.06. The summed E-state index contributed by atoms with van der Waals surface area (Å²) < 4.78 is 11.9. The van der Waals surface area contributed by atoms with Gasteiger partial charge in [0.25, 0.3) is 11.8 Å². The fraction of sp³-hybridized carbons (Fsp3) is 0.211. The number of barbiturate groups is 1. The second-order valence-electron chi connectivity index (χ2n) is 6.34. The van der Waals surface area contributed by atoms with Gasteiger partial charge in [-0.3, -0.25) is 14.9 Å². The van der Waals surface area contributed by atoms with Crippen LogP contribution in [-0.2, 0) is 14.3 Å². The third-order valence-electron chi connectivity index (χ3n) is 4.44. The molecule has 1 aromatic carbocycles. The van der Waals surface area contributed by atoms with Crippen LogP contribution in [0.2, 0.25) is 5.02 Å². The van der Waals surface area contributed by atoms with Crippen LogP contribution >= 0.6 is 27.5 Å². The molecule has 0 spiro atoms. The second kappa shape index (κ2) is 8.02. The molecule has 10 heteroatoms. The molecule has 0 saturated carbocycles. The lowest BCUT2D eigenvalue weighted by Gasteiger charge is -2.27. The molecule has 3 heterocycles. The van der Waals surface area contributed by atoms with Gasteiger partial charge in [0.2, 0.25) is 5.88 Å². The van der Waals surface area contributed by atoms with E-state index in [1.54, 1.807) is 24.3 Å². The number of nitrogens with one attached hydrogen (secondary N) is 1. The van der Waals surface area contributed by atoms with E-state index in [4.69, 9.17) is 20.8 Å². The summed E-state index contributed by atoms with van der Waals surface area (Å²) in [5.41, 5.74) is 0.0346. The topological polar surface area (TPSA) is 92.1 Å². The zero-order valence-electron chi connectivity index (χ0n) is 15.0. The minimum atomic E-state index is -0.839. The van der Waals surface area contributed by atoms with Gasteiger partial charge < -0.3 is 14.1 Å². The highest BCUT2D eigenvalue weighted by atomic mass is 79.9. The van der Waals surface area contributed by atoms with E-state index < -0.39 is 17.8 Å². The Morgan fingerprint density at radius 3 is 2.62 bits per heavy atom. The molecule has 8 nitrogen and oxygen atoms in total. The Morgan fingerprint density at radius 1 is 1.14 bits per heavy atom. The third-order valence-corrected chi connectivity index (χ3v) is 5.24. The largest absolute Gasteiger partial charge is 0.440 e. The SMILES string of the molecule is O=C1NC(=O)N(c2cccc(Cl)c2)C(=O)/C1=C\c1cc(Br)c(N2CCOCC2)o1. The lowest BCUT2D eigenvalue weighted by atomic mass is 10.1. The van der Waals surface area contributed by atoms with Crippen molar-refractivity contribution < 1.29 is 23.5 Å². The molecule has 0 radical (unpaired) electrons. The number of urea groups is 1. The molecule has 2 aliphatic rings. The summed E-state index contributed by atoms with van der Waals surface area (Å²) in [6.07, 6.45) is 1.32. The predicted molar refractivity (Wildman–Crippen MR) is 110 cm³/mol. The van der Waals surface area contributed by atoms with E-state index in [9.17, 15) is 14.4 Å². The van der Waals surface area contributed by atoms with E-state index in [2.05, 4.69) is 21.2 Å². The van der Waals surface area contributed by atoms with Crippen LogP contribution in [0, 0.1) is 0 Å². The molecule has 2 aromatic rings. The molecule has 29 heavy (non-hydrogen) atoms. The van der Waals surface area contributed by atoms with Crippen LogP contribution in [0.25, 0.3) is 6.08 Å². The maximum absolute atomic E-state index is 12.9. The van der Waals surface area contributed by atoms with E-state index in [1.807, 2.05) is 4.90 Å². The number of imide groups is 2. The normalized spacial score (nSPS) is 19.1. The zero-order valence-corrected chi connectivity index (χ0v) is 17.3. The lowest BCUT2D eigenvalue weighted by Crippen LogP contribution is -2.54. The summed E-state index contributed by atoms with van der Waals surface area (Å²) in [4.78, 5) is 40.3. The van der Waals surface area contributed by atoms with Crippen LogP contribution in [0.1, 0.15) is 5.76 Å². The maximum Gasteiger partial charge on any atom is 0.335 e. The zero-order chi connectivity index (χ0) is 20.5. The Labute approximate surface area is 179 Å². The first kappa shape index (κ1) is 19.7. The van der Waals surface area contributed by atoms with Gasteiger partial charge in [-0.15, -0.1) is 0 Å². The predicted octanol–water partition coefficient (Wildman–Crippen LogP) is 3.20. The second-order valence-corrected chi connectivity index (χ2v) is 7.63. The van der Waals surface area contributed by atoms with Gasteiger partial charge >= 0.3 is 6.03 Å². The van der Waals surface area contributed by atoms with Gasteiger partial charge in [0.05, 0.1) is 23.4 Å². The Morgan fingerprint density at radius 2 is 1.90 bits per heavy atom. The number of carbonyl (C=O) groups is 3. The number of morpholine rings is 1. The summed E-state index contributed by atoms with van der Waals surface area (Å²) in [7, 11) is 0. The summed E-state index contributed by atoms with van der Waals surface area (Å²) in [5.74, 6) is -0.663. The van der Waals surface area contributed by atoms with Crippen molar-refractivity contribution >= 4 is 63.0 Å². The summed E-state index contributed by atoms with van der Waals surface area (Å²) in [5, 5.41) is 2.53. The Balaban J connectivity index is 1.66. The number of carbonyl (C=O) groups excluding carboxylic acids is 3. The Bertz CT molecular complexity index is 1030. The molecular weight excluding hydrogens is 466 g/mol. The highest BCUT2D eigenvalue weighted by Gasteiger charge is 2.37. The van der Waals surface area contributed by atoms with Crippen LogP contribution in [0.3, 0.4) is 0 Å². The van der Waals surface area contributed by atoms with E-state index in [0.717, 1.165) is 4.90 Å². The maximum atomic E-state index is 12.9. The van der Waals surface area contributed by atoms with Crippen molar-refractivity contribution in [1.29, 1.82) is 0 Å². The molecule has 2 saturated heterocycles. The van der Waals surface area contributed by atoms with E-state index >= 15 is 0 Å². The molecule has 4 amide bonds. The highest BCUT2D eigenvalue weighted by molar-refractivity contribution is 9.10. The van der Waals surface area contributed by atoms with Gasteiger partial charge in [0, 0.05) is 24.2 Å². The van der Waals surface area contributed by atoms with E-state index in [-0.39, 0.29) is 11.3 Å². The number of hydrogen-bond acceptors (Lipinski definition) is 6. The first-order valence-corrected chi connectivity index (χ1v) is 9.90. The minimum Gasteiger partial charge on any atom is -0.440 e. The van der Waals surface area contributed by atoms with Crippen molar-refractivity contribution in [2.75, 3.05) is 36.1 Å². The summed E-state index contributed by atoms with van der Waals surface area (Å²) in [6, 6.07) is 7.07. The number of amides is 4. The third kappa shape index (κ3) is 3.93. The number of benzene rings is 1.